The molecule has 1 aliphatic rings. The van der Waals surface area contributed by atoms with Crippen molar-refractivity contribution in [3.8, 4) is 0 Å². The van der Waals surface area contributed by atoms with Crippen molar-refractivity contribution >= 4 is 5.69 Å². The minimum absolute atomic E-state index is 0.225. The molecule has 0 bridgehead atoms. The van der Waals surface area contributed by atoms with E-state index >= 15 is 0 Å². The van der Waals surface area contributed by atoms with Crippen LogP contribution in [0.3, 0.4) is 0 Å². The number of allylic oxidation sites excluding steroid dienone is 2. The molecule has 2 heteroatoms. The third kappa shape index (κ3) is 2.02. The summed E-state index contributed by atoms with van der Waals surface area (Å²) in [4.78, 5) is 0. The predicted octanol–water partition coefficient (Wildman–Crippen LogP) is 2.55. The van der Waals surface area contributed by atoms with Crippen molar-refractivity contribution in [1.29, 1.82) is 0 Å². The monoisotopic (exact) mass is 213 g/mol. The first-order valence-electron chi connectivity index (χ1n) is 5.22. The Balaban J connectivity index is 2.24. The predicted molar refractivity (Wildman–Crippen MR) is 66.6 cm³/mol. The number of rotatable bonds is 2. The minimum Gasteiger partial charge on any atom is -0.367 e. The van der Waals surface area contributed by atoms with Gasteiger partial charge >= 0.3 is 0 Å². The van der Waals surface area contributed by atoms with Crippen molar-refractivity contribution in [2.45, 2.75) is 5.72 Å². The number of hydrogen-bond donors (Lipinski definition) is 2. The zero-order valence-electron chi connectivity index (χ0n) is 9.06. The lowest BCUT2D eigenvalue weighted by Crippen LogP contribution is -2.43. The molecule has 0 saturated heterocycles. The summed E-state index contributed by atoms with van der Waals surface area (Å²) in [6, 6.07) is 7.60. The number of anilines is 1. The molecule has 1 aromatic rings. The van der Waals surface area contributed by atoms with Gasteiger partial charge in [-0.05, 0) is 31.6 Å². The van der Waals surface area contributed by atoms with Crippen molar-refractivity contribution < 1.29 is 5.11 Å². The zero-order chi connectivity index (χ0) is 11.6. The molecule has 0 fully saturated rings. The van der Waals surface area contributed by atoms with E-state index in [4.69, 9.17) is 0 Å². The summed E-state index contributed by atoms with van der Waals surface area (Å²) >= 11 is 0. The molecule has 1 aromatic carbocycles. The molecule has 0 spiro atoms. The fourth-order valence-corrected chi connectivity index (χ4v) is 1.66. The second kappa shape index (κ2) is 4.14. The Morgan fingerprint density at radius 1 is 1.25 bits per heavy atom. The van der Waals surface area contributed by atoms with E-state index in [1.54, 1.807) is 12.2 Å². The standard InChI is InChI=1S/C14H15NO/c1-11-7-3-4-9-13(11)15-14(16)10-6-5-8-12(14)2/h3-10,12,15-16H,1-2H2. The van der Waals surface area contributed by atoms with E-state index in [0.717, 1.165) is 11.3 Å². The fourth-order valence-electron chi connectivity index (χ4n) is 1.66. The van der Waals surface area contributed by atoms with E-state index in [2.05, 4.69) is 19.2 Å². The molecule has 0 heterocycles. The summed E-state index contributed by atoms with van der Waals surface area (Å²) < 4.78 is 0. The van der Waals surface area contributed by atoms with Crippen LogP contribution >= 0.6 is 0 Å². The maximum absolute atomic E-state index is 10.4. The van der Waals surface area contributed by atoms with Crippen LogP contribution in [0.2, 0.25) is 0 Å². The van der Waals surface area contributed by atoms with Crippen LogP contribution in [-0.2, 0) is 0 Å². The molecule has 2 atom stereocenters. The molecule has 0 aromatic heterocycles. The van der Waals surface area contributed by atoms with E-state index in [9.17, 15) is 5.11 Å². The fraction of sp³-hybridized carbons (Fsp3) is 0.143. The second-order valence-electron chi connectivity index (χ2n) is 3.96. The van der Waals surface area contributed by atoms with Crippen LogP contribution in [0.25, 0.3) is 0 Å². The lowest BCUT2D eigenvalue weighted by molar-refractivity contribution is 0.0923. The summed E-state index contributed by atoms with van der Waals surface area (Å²) in [5.41, 5.74) is 0.535. The number of benzene rings is 1. The largest absolute Gasteiger partial charge is 0.367 e. The van der Waals surface area contributed by atoms with Gasteiger partial charge in [-0.1, -0.05) is 36.4 Å². The molecule has 0 saturated carbocycles. The van der Waals surface area contributed by atoms with Gasteiger partial charge in [-0.2, -0.15) is 0 Å². The van der Waals surface area contributed by atoms with Gasteiger partial charge in [0.25, 0.3) is 0 Å². The van der Waals surface area contributed by atoms with Gasteiger partial charge in [0.2, 0.25) is 0 Å². The summed E-state index contributed by atoms with van der Waals surface area (Å²) in [7, 11) is 0. The first-order valence-corrected chi connectivity index (χ1v) is 5.22. The highest BCUT2D eigenvalue weighted by Gasteiger charge is 2.30. The van der Waals surface area contributed by atoms with Crippen LogP contribution in [0.5, 0.6) is 0 Å². The van der Waals surface area contributed by atoms with Crippen molar-refractivity contribution in [3.05, 3.63) is 68.0 Å². The molecular formula is C14H15NO. The molecule has 82 valence electrons. The molecule has 2 radical (unpaired) electrons. The van der Waals surface area contributed by atoms with Gasteiger partial charge in [0.1, 0.15) is 0 Å². The maximum atomic E-state index is 10.4. The number of para-hydroxylation sites is 1. The number of nitrogens with one attached hydrogen (secondary N) is 1. The first-order chi connectivity index (χ1) is 7.62. The summed E-state index contributed by atoms with van der Waals surface area (Å²) in [6.07, 6.45) is 7.25. The van der Waals surface area contributed by atoms with Crippen molar-refractivity contribution in [2.24, 2.45) is 5.92 Å². The molecule has 1 aliphatic carbocycles. The average Bonchev–Trinajstić information content (AvgIpc) is 2.26. The van der Waals surface area contributed by atoms with Gasteiger partial charge in [-0.15, -0.1) is 0 Å². The summed E-state index contributed by atoms with van der Waals surface area (Å²) in [5.74, 6) is -0.225. The van der Waals surface area contributed by atoms with Crippen molar-refractivity contribution in [2.75, 3.05) is 5.32 Å². The van der Waals surface area contributed by atoms with E-state index in [-0.39, 0.29) is 5.92 Å². The minimum atomic E-state index is -1.14. The smallest absolute Gasteiger partial charge is 0.161 e. The third-order valence-corrected chi connectivity index (χ3v) is 2.72. The third-order valence-electron chi connectivity index (χ3n) is 2.72. The topological polar surface area (TPSA) is 32.3 Å². The molecule has 2 N–H and O–H groups in total. The van der Waals surface area contributed by atoms with Crippen LogP contribution in [0.15, 0.2) is 48.6 Å². The molecule has 0 aliphatic heterocycles. The van der Waals surface area contributed by atoms with Gasteiger partial charge in [-0.25, -0.2) is 0 Å². The normalized spacial score (nSPS) is 28.1. The van der Waals surface area contributed by atoms with Gasteiger partial charge < -0.3 is 10.4 Å². The Labute approximate surface area is 96.3 Å². The maximum Gasteiger partial charge on any atom is 0.161 e. The highest BCUT2D eigenvalue weighted by Crippen LogP contribution is 2.27. The van der Waals surface area contributed by atoms with Gasteiger partial charge in [-0.3, -0.25) is 0 Å². The Morgan fingerprint density at radius 3 is 2.69 bits per heavy atom. The van der Waals surface area contributed by atoms with Crippen molar-refractivity contribution in [3.63, 3.8) is 0 Å². The summed E-state index contributed by atoms with van der Waals surface area (Å²) in [5, 5.41) is 13.4. The van der Waals surface area contributed by atoms with Crippen molar-refractivity contribution in [1.82, 2.24) is 0 Å². The van der Waals surface area contributed by atoms with E-state index in [1.807, 2.05) is 36.4 Å². The molecule has 0 amide bonds. The van der Waals surface area contributed by atoms with Gasteiger partial charge in [0.15, 0.2) is 5.72 Å². The number of aliphatic hydroxyl groups is 1. The molecule has 16 heavy (non-hydrogen) atoms. The summed E-state index contributed by atoms with van der Waals surface area (Å²) in [6.45, 7) is 7.81. The highest BCUT2D eigenvalue weighted by atomic mass is 16.3. The van der Waals surface area contributed by atoms with Crippen LogP contribution in [0.1, 0.15) is 5.56 Å². The number of hydrogen-bond acceptors (Lipinski definition) is 2. The molecule has 2 rings (SSSR count). The Morgan fingerprint density at radius 2 is 2.00 bits per heavy atom. The van der Waals surface area contributed by atoms with Crippen LogP contribution in [0, 0.1) is 19.8 Å². The second-order valence-corrected chi connectivity index (χ2v) is 3.96. The van der Waals surface area contributed by atoms with Crippen LogP contribution in [0.4, 0.5) is 5.69 Å². The van der Waals surface area contributed by atoms with Gasteiger partial charge in [0, 0.05) is 11.6 Å². The zero-order valence-corrected chi connectivity index (χ0v) is 9.06. The van der Waals surface area contributed by atoms with E-state index in [1.165, 1.54) is 0 Å². The lowest BCUT2D eigenvalue weighted by atomic mass is 9.92. The average molecular weight is 213 g/mol. The Kier molecular flexibility index (Phi) is 2.84. The Bertz CT molecular complexity index is 436. The first kappa shape index (κ1) is 11.0. The van der Waals surface area contributed by atoms with Crippen LogP contribution in [-0.4, -0.2) is 10.8 Å². The molecule has 2 nitrogen and oxygen atoms in total. The quantitative estimate of drug-likeness (QED) is 0.740. The Hall–Kier alpha value is -1.54. The lowest BCUT2D eigenvalue weighted by Gasteiger charge is -2.33. The highest BCUT2D eigenvalue weighted by molar-refractivity contribution is 5.55. The van der Waals surface area contributed by atoms with Gasteiger partial charge in [0.05, 0.1) is 0 Å². The molecule has 2 unspecified atom stereocenters. The SMILES string of the molecule is [CH2]c1ccccc1NC1(O)C=CC=CC1[CH2]. The van der Waals surface area contributed by atoms with E-state index in [0.29, 0.717) is 0 Å². The molecular weight excluding hydrogens is 198 g/mol. The van der Waals surface area contributed by atoms with Crippen LogP contribution < -0.4 is 5.32 Å². The van der Waals surface area contributed by atoms with E-state index < -0.39 is 5.72 Å².